The van der Waals surface area contributed by atoms with Crippen LogP contribution in [0.4, 0.5) is 28.2 Å². The largest absolute Gasteiger partial charge is 0.435 e. The Morgan fingerprint density at radius 3 is 2.58 bits per heavy atom. The van der Waals surface area contributed by atoms with Crippen LogP contribution >= 0.6 is 0 Å². The van der Waals surface area contributed by atoms with E-state index in [1.807, 2.05) is 0 Å². The van der Waals surface area contributed by atoms with Gasteiger partial charge in [-0.15, -0.1) is 0 Å². The van der Waals surface area contributed by atoms with Crippen LogP contribution in [0.2, 0.25) is 0 Å². The van der Waals surface area contributed by atoms with Gasteiger partial charge in [-0.25, -0.2) is 14.2 Å². The number of hydrogen-bond acceptors (Lipinski definition) is 5. The number of halogens is 4. The molecule has 5 rings (SSSR count). The first kappa shape index (κ1) is 20.5. The predicted octanol–water partition coefficient (Wildman–Crippen LogP) is 4.13. The van der Waals surface area contributed by atoms with Crippen molar-refractivity contribution < 1.29 is 34.3 Å². The van der Waals surface area contributed by atoms with E-state index in [9.17, 15) is 27.5 Å². The Bertz CT molecular complexity index is 1480. The second kappa shape index (κ2) is 10.0. The molecule has 1 aromatic carbocycles. The van der Waals surface area contributed by atoms with Gasteiger partial charge in [0.15, 0.2) is 11.3 Å². The number of aromatic nitrogens is 3. The smallest absolute Gasteiger partial charge is 0.393 e. The summed E-state index contributed by atoms with van der Waals surface area (Å²) >= 11 is 0. The second-order valence-corrected chi connectivity index (χ2v) is 9.90. The number of amides is 2. The maximum absolute atomic E-state index is 13.8. The average Bonchev–Trinajstić information content (AvgIpc) is 3.35. The number of benzene rings is 1. The third-order valence-corrected chi connectivity index (χ3v) is 7.21. The summed E-state index contributed by atoms with van der Waals surface area (Å²) in [6.07, 6.45) is -5.78. The molecule has 1 saturated carbocycles. The summed E-state index contributed by atoms with van der Waals surface area (Å²) in [5.74, 6) is -0.627. The van der Waals surface area contributed by atoms with Crippen molar-refractivity contribution in [1.82, 2.24) is 24.8 Å². The molecule has 0 radical (unpaired) electrons. The molecule has 1 aliphatic heterocycles. The highest BCUT2D eigenvalue weighted by molar-refractivity contribution is 5.76. The lowest BCUT2D eigenvalue weighted by atomic mass is 9.73. The minimum atomic E-state index is -4.85. The summed E-state index contributed by atoms with van der Waals surface area (Å²) in [6.45, 7) is -2.85. The Labute approximate surface area is 224 Å². The Hall–Kier alpha value is -3.41. The molecule has 1 saturated heterocycles. The first-order chi connectivity index (χ1) is 20.0. The maximum Gasteiger partial charge on any atom is 0.435 e. The topological polar surface area (TPSA) is 94.8 Å². The summed E-state index contributed by atoms with van der Waals surface area (Å²) in [4.78, 5) is 18.4. The summed E-state index contributed by atoms with van der Waals surface area (Å²) in [6, 6.07) is 6.80. The lowest BCUT2D eigenvalue weighted by molar-refractivity contribution is -0.141. The Morgan fingerprint density at radius 1 is 1.21 bits per heavy atom. The highest BCUT2D eigenvalue weighted by Gasteiger charge is 2.47. The van der Waals surface area contributed by atoms with Crippen LogP contribution in [0.25, 0.3) is 5.65 Å². The van der Waals surface area contributed by atoms with Crippen LogP contribution in [0.15, 0.2) is 36.4 Å². The molecule has 0 bridgehead atoms. The van der Waals surface area contributed by atoms with Crippen LogP contribution in [-0.4, -0.2) is 62.4 Å². The molecule has 12 heteroatoms. The number of carbonyl (C=O) groups is 1. The highest BCUT2D eigenvalue weighted by atomic mass is 19.4. The van der Waals surface area contributed by atoms with Crippen LogP contribution in [-0.2, 0) is 18.0 Å². The minimum absolute atomic E-state index is 0.00539. The standard InChI is InChI=1S/C26H30F4N6O2/c1-2-18-11-22(36-23(32-18)12-21(34-36)26(28,29)30)31-13-25(16-3-5-17(27)6-4-16)14-35(15-25)24(38)33-19-7-9-20(37)10-8-19/h3-6,11-12,19-20,31,37H,2,7-10,13-15H2,1H3,(H,33,38)/i1D3,2D2. The van der Waals surface area contributed by atoms with Gasteiger partial charge in [-0.3, -0.25) is 0 Å². The van der Waals surface area contributed by atoms with Gasteiger partial charge in [0.05, 0.1) is 6.10 Å². The number of anilines is 1. The molecular formula is C26H30F4N6O2. The van der Waals surface area contributed by atoms with Crippen LogP contribution < -0.4 is 10.6 Å². The van der Waals surface area contributed by atoms with Crippen molar-refractivity contribution in [3.8, 4) is 0 Å². The van der Waals surface area contributed by atoms with Gasteiger partial charge in [0.1, 0.15) is 11.6 Å². The van der Waals surface area contributed by atoms with E-state index in [4.69, 9.17) is 6.85 Å². The fraction of sp³-hybridized carbons (Fsp3) is 0.500. The number of fused-ring (bicyclic) bond motifs is 1. The lowest BCUT2D eigenvalue weighted by Crippen LogP contribution is -2.66. The number of hydrogen-bond donors (Lipinski definition) is 3. The number of likely N-dealkylation sites (tertiary alicyclic amines) is 1. The number of aliphatic hydroxyl groups is 1. The van der Waals surface area contributed by atoms with Gasteiger partial charge in [0, 0.05) is 55.8 Å². The Morgan fingerprint density at radius 2 is 1.92 bits per heavy atom. The number of aliphatic hydroxyl groups excluding tert-OH is 1. The van der Waals surface area contributed by atoms with Crippen molar-refractivity contribution in [2.45, 2.75) is 62.6 Å². The van der Waals surface area contributed by atoms with E-state index >= 15 is 0 Å². The molecule has 204 valence electrons. The molecule has 8 nitrogen and oxygen atoms in total. The van der Waals surface area contributed by atoms with Crippen molar-refractivity contribution in [2.24, 2.45) is 0 Å². The van der Waals surface area contributed by atoms with Crippen molar-refractivity contribution in [3.63, 3.8) is 0 Å². The summed E-state index contributed by atoms with van der Waals surface area (Å²) in [5.41, 5.74) is -2.51. The molecule has 1 aliphatic carbocycles. The van der Waals surface area contributed by atoms with Crippen molar-refractivity contribution in [1.29, 1.82) is 0 Å². The van der Waals surface area contributed by atoms with Crippen molar-refractivity contribution >= 4 is 17.5 Å². The van der Waals surface area contributed by atoms with Gasteiger partial charge in [-0.2, -0.15) is 22.8 Å². The van der Waals surface area contributed by atoms with Crippen molar-refractivity contribution in [3.05, 3.63) is 59.2 Å². The predicted molar refractivity (Wildman–Crippen MR) is 132 cm³/mol. The molecule has 3 heterocycles. The van der Waals surface area contributed by atoms with Crippen LogP contribution in [0.1, 0.15) is 56.3 Å². The van der Waals surface area contributed by atoms with E-state index in [2.05, 4.69) is 20.7 Å². The molecule has 0 unspecified atom stereocenters. The number of nitrogens with zero attached hydrogens (tertiary/aromatic N) is 4. The maximum atomic E-state index is 13.8. The first-order valence-electron chi connectivity index (χ1n) is 14.7. The third-order valence-electron chi connectivity index (χ3n) is 7.21. The van der Waals surface area contributed by atoms with E-state index in [1.54, 1.807) is 17.0 Å². The second-order valence-electron chi connectivity index (χ2n) is 9.90. The van der Waals surface area contributed by atoms with E-state index in [-0.39, 0.29) is 43.6 Å². The molecule has 3 N–H and O–H groups in total. The van der Waals surface area contributed by atoms with E-state index < -0.39 is 47.7 Å². The fourth-order valence-corrected chi connectivity index (χ4v) is 5.08. The number of carbonyl (C=O) groups excluding carboxylic acids is 1. The zero-order valence-corrected chi connectivity index (χ0v) is 20.2. The number of nitrogens with one attached hydrogen (secondary N) is 2. The van der Waals surface area contributed by atoms with Gasteiger partial charge in [0.2, 0.25) is 0 Å². The van der Waals surface area contributed by atoms with Crippen LogP contribution in [0, 0.1) is 5.82 Å². The molecule has 0 spiro atoms. The van der Waals surface area contributed by atoms with Gasteiger partial charge < -0.3 is 20.6 Å². The molecule has 2 fully saturated rings. The molecule has 2 amide bonds. The quantitative estimate of drug-likeness (QED) is 0.410. The van der Waals surface area contributed by atoms with Gasteiger partial charge >= 0.3 is 12.2 Å². The van der Waals surface area contributed by atoms with Gasteiger partial charge in [-0.05, 0) is 49.8 Å². The van der Waals surface area contributed by atoms with E-state index in [1.165, 1.54) is 12.1 Å². The van der Waals surface area contributed by atoms with Gasteiger partial charge in [0.25, 0.3) is 0 Å². The van der Waals surface area contributed by atoms with Crippen molar-refractivity contribution in [2.75, 3.05) is 25.0 Å². The zero-order chi connectivity index (χ0) is 31.4. The number of urea groups is 1. The van der Waals surface area contributed by atoms with Gasteiger partial charge in [-0.1, -0.05) is 19.0 Å². The molecule has 2 aliphatic rings. The molecule has 0 atom stereocenters. The van der Waals surface area contributed by atoms with Crippen LogP contribution in [0.3, 0.4) is 0 Å². The average molecular weight is 540 g/mol. The minimum Gasteiger partial charge on any atom is -0.393 e. The summed E-state index contributed by atoms with van der Waals surface area (Å²) in [7, 11) is 0. The lowest BCUT2D eigenvalue weighted by Gasteiger charge is -2.51. The SMILES string of the molecule is [2H]C([2H])([2H])C([2H])([2H])c1cc(NCC2(c3ccc(F)cc3)CN(C(=O)NC3CCC(O)CC3)C2)n2nc(C(F)(F)F)cc2n1. The third kappa shape index (κ3) is 5.27. The zero-order valence-electron chi connectivity index (χ0n) is 25.2. The number of alkyl halides is 3. The normalized spacial score (nSPS) is 23.9. The molecule has 2 aromatic heterocycles. The fourth-order valence-electron chi connectivity index (χ4n) is 5.08. The van der Waals surface area contributed by atoms with E-state index in [0.29, 0.717) is 37.3 Å². The first-order valence-corrected chi connectivity index (χ1v) is 12.2. The number of rotatable bonds is 6. The Balaban J connectivity index is 1.44. The van der Waals surface area contributed by atoms with Crippen LogP contribution in [0.5, 0.6) is 0 Å². The highest BCUT2D eigenvalue weighted by Crippen LogP contribution is 2.36. The Kier molecular flexibility index (Phi) is 5.43. The van der Waals surface area contributed by atoms with E-state index in [0.717, 1.165) is 10.6 Å². The monoisotopic (exact) mass is 539 g/mol. The summed E-state index contributed by atoms with van der Waals surface area (Å²) < 4.78 is 94.2. The number of aryl methyl sites for hydroxylation is 1. The molecule has 3 aromatic rings. The molecular weight excluding hydrogens is 504 g/mol. The molecule has 38 heavy (non-hydrogen) atoms. The summed E-state index contributed by atoms with van der Waals surface area (Å²) in [5, 5.41) is 19.3.